The lowest BCUT2D eigenvalue weighted by Crippen LogP contribution is -2.29. The van der Waals surface area contributed by atoms with E-state index in [4.69, 9.17) is 16.5 Å². The Hall–Kier alpha value is -4.84. The number of aromatic nitrogens is 6. The van der Waals surface area contributed by atoms with E-state index >= 15 is 0 Å². The van der Waals surface area contributed by atoms with Crippen molar-refractivity contribution in [3.05, 3.63) is 84.6 Å². The quantitative estimate of drug-likeness (QED) is 0.295. The van der Waals surface area contributed by atoms with Crippen LogP contribution in [0, 0.1) is 0 Å². The van der Waals surface area contributed by atoms with Gasteiger partial charge in [0.2, 0.25) is 5.95 Å². The van der Waals surface area contributed by atoms with Crippen molar-refractivity contribution in [3.63, 3.8) is 0 Å². The van der Waals surface area contributed by atoms with Crippen LogP contribution in [0.15, 0.2) is 83.8 Å². The van der Waals surface area contributed by atoms with Gasteiger partial charge < -0.3 is 16.4 Å². The molecule has 11 nitrogen and oxygen atoms in total. The number of sulfone groups is 1. The summed E-state index contributed by atoms with van der Waals surface area (Å²) in [4.78, 5) is 20.2. The molecule has 0 spiro atoms. The third kappa shape index (κ3) is 5.09. The predicted molar refractivity (Wildman–Crippen MR) is 159 cm³/mol. The monoisotopic (exact) mass is 567 g/mol. The van der Waals surface area contributed by atoms with Gasteiger partial charge in [-0.25, -0.2) is 18.4 Å². The molecule has 5 aromatic rings. The Bertz CT molecular complexity index is 1890. The molecular formula is C29H29N9O2S. The fourth-order valence-electron chi connectivity index (χ4n) is 5.28. The van der Waals surface area contributed by atoms with Gasteiger partial charge in [-0.15, -0.1) is 0 Å². The van der Waals surface area contributed by atoms with Crippen molar-refractivity contribution in [1.29, 1.82) is 0 Å². The molecule has 0 radical (unpaired) electrons. The van der Waals surface area contributed by atoms with E-state index in [0.29, 0.717) is 41.5 Å². The van der Waals surface area contributed by atoms with Crippen LogP contribution in [0.25, 0.3) is 28.0 Å². The maximum Gasteiger partial charge on any atom is 0.231 e. The molecule has 0 amide bonds. The first-order chi connectivity index (χ1) is 19.7. The summed E-state index contributed by atoms with van der Waals surface area (Å²) in [6.07, 6.45) is 9.90. The third-order valence-corrected chi connectivity index (χ3v) is 8.33. The first-order valence-corrected chi connectivity index (χ1v) is 15.0. The minimum atomic E-state index is -3.70. The molecule has 1 atom stereocenters. The Morgan fingerprint density at radius 2 is 1.78 bits per heavy atom. The number of anilines is 3. The van der Waals surface area contributed by atoms with Crippen LogP contribution in [0.4, 0.5) is 17.6 Å². The van der Waals surface area contributed by atoms with Gasteiger partial charge in [-0.1, -0.05) is 42.0 Å². The summed E-state index contributed by atoms with van der Waals surface area (Å²) in [5.74, 6) is 0.914. The van der Waals surface area contributed by atoms with Crippen molar-refractivity contribution in [2.75, 3.05) is 22.6 Å². The van der Waals surface area contributed by atoms with Gasteiger partial charge in [-0.05, 0) is 38.3 Å². The molecule has 0 bridgehead atoms. The summed E-state index contributed by atoms with van der Waals surface area (Å²) in [5.41, 5.74) is 17.7. The highest BCUT2D eigenvalue weighted by molar-refractivity contribution is 7.91. The molecule has 0 saturated heterocycles. The Kier molecular flexibility index (Phi) is 6.62. The summed E-state index contributed by atoms with van der Waals surface area (Å²) in [5, 5.41) is 4.39. The highest BCUT2D eigenvalue weighted by atomic mass is 32.2. The molecule has 1 aliphatic heterocycles. The minimum Gasteiger partial charge on any atom is -0.384 e. The third-order valence-electron chi connectivity index (χ3n) is 7.14. The van der Waals surface area contributed by atoms with Crippen LogP contribution in [-0.2, 0) is 16.3 Å². The molecule has 0 saturated carbocycles. The number of nitrogens with two attached hydrogens (primary N) is 2. The smallest absolute Gasteiger partial charge is 0.231 e. The molecule has 1 aromatic carbocycles. The van der Waals surface area contributed by atoms with Crippen LogP contribution in [0.3, 0.4) is 0 Å². The van der Waals surface area contributed by atoms with Crippen LogP contribution in [0.5, 0.6) is 0 Å². The molecule has 12 heteroatoms. The summed E-state index contributed by atoms with van der Waals surface area (Å²) in [6, 6.07) is 15.4. The van der Waals surface area contributed by atoms with E-state index in [1.165, 1.54) is 4.52 Å². The van der Waals surface area contributed by atoms with Gasteiger partial charge in [0.15, 0.2) is 15.5 Å². The van der Waals surface area contributed by atoms with Crippen molar-refractivity contribution in [2.24, 2.45) is 0 Å². The fraction of sp³-hybridized carbons (Fsp3) is 0.207. The molecule has 5 heterocycles. The van der Waals surface area contributed by atoms with E-state index in [-0.39, 0.29) is 16.8 Å². The van der Waals surface area contributed by atoms with E-state index in [9.17, 15) is 8.42 Å². The second kappa shape index (κ2) is 10.3. The van der Waals surface area contributed by atoms with Gasteiger partial charge in [0.1, 0.15) is 16.5 Å². The average Bonchev–Trinajstić information content (AvgIpc) is 3.55. The van der Waals surface area contributed by atoms with Gasteiger partial charge in [0.05, 0.1) is 17.6 Å². The van der Waals surface area contributed by atoms with Crippen LogP contribution in [0.2, 0.25) is 0 Å². The fourth-order valence-corrected chi connectivity index (χ4v) is 6.32. The van der Waals surface area contributed by atoms with Crippen molar-refractivity contribution < 1.29 is 8.42 Å². The topological polar surface area (TPSA) is 158 Å². The normalized spacial score (nSPS) is 15.4. The number of hydrogen-bond acceptors (Lipinski definition) is 10. The van der Waals surface area contributed by atoms with E-state index in [0.717, 1.165) is 35.1 Å². The zero-order chi connectivity index (χ0) is 28.7. The molecule has 208 valence electrons. The summed E-state index contributed by atoms with van der Waals surface area (Å²) < 4.78 is 27.2. The number of fused-ring (bicyclic) bond motifs is 1. The molecule has 0 unspecified atom stereocenters. The highest BCUT2D eigenvalue weighted by Crippen LogP contribution is 2.33. The molecule has 4 aromatic heterocycles. The van der Waals surface area contributed by atoms with Gasteiger partial charge in [0.25, 0.3) is 0 Å². The van der Waals surface area contributed by atoms with Crippen LogP contribution >= 0.6 is 0 Å². The number of rotatable bonds is 7. The summed E-state index contributed by atoms with van der Waals surface area (Å²) >= 11 is 0. The maximum atomic E-state index is 12.9. The first kappa shape index (κ1) is 26.4. The largest absolute Gasteiger partial charge is 0.384 e. The van der Waals surface area contributed by atoms with E-state index in [1.807, 2.05) is 60.5 Å². The zero-order valence-corrected chi connectivity index (χ0v) is 23.5. The molecule has 41 heavy (non-hydrogen) atoms. The highest BCUT2D eigenvalue weighted by Gasteiger charge is 2.29. The Labute approximate surface area is 237 Å². The van der Waals surface area contributed by atoms with Crippen LogP contribution in [-0.4, -0.2) is 50.3 Å². The minimum absolute atomic E-state index is 0.00238. The van der Waals surface area contributed by atoms with Crippen LogP contribution < -0.4 is 16.4 Å². The summed E-state index contributed by atoms with van der Waals surface area (Å²) in [7, 11) is -3.70. The van der Waals surface area contributed by atoms with Gasteiger partial charge in [0, 0.05) is 47.6 Å². The lowest BCUT2D eigenvalue weighted by molar-refractivity contribution is 0.587. The number of benzene rings is 1. The molecule has 1 aliphatic rings. The van der Waals surface area contributed by atoms with Gasteiger partial charge in [-0.3, -0.25) is 4.98 Å². The number of aryl methyl sites for hydroxylation is 1. The van der Waals surface area contributed by atoms with E-state index in [1.54, 1.807) is 24.7 Å². The van der Waals surface area contributed by atoms with Crippen LogP contribution in [0.1, 0.15) is 25.5 Å². The van der Waals surface area contributed by atoms with Crippen molar-refractivity contribution in [3.8, 4) is 22.4 Å². The lowest BCUT2D eigenvalue weighted by atomic mass is 10.0. The maximum absolute atomic E-state index is 12.9. The SMILES string of the molecule is CC1=CN(c2nccc(N)n2)[C@@H](CCc2nc3c(-c4ccc(-c5ccccc5)nc4)cnn3c(N)c2S(C)(=O)=O)C1. The van der Waals surface area contributed by atoms with Gasteiger partial charge >= 0.3 is 0 Å². The number of nitrogens with zero attached hydrogens (tertiary/aromatic N) is 7. The molecule has 4 N–H and O–H groups in total. The number of nitrogen functional groups attached to an aromatic ring is 2. The first-order valence-electron chi connectivity index (χ1n) is 13.1. The molecular weight excluding hydrogens is 538 g/mol. The second-order valence-electron chi connectivity index (χ2n) is 10.2. The Balaban J connectivity index is 1.36. The summed E-state index contributed by atoms with van der Waals surface area (Å²) in [6.45, 7) is 2.04. The lowest BCUT2D eigenvalue weighted by Gasteiger charge is -2.24. The molecule has 6 rings (SSSR count). The second-order valence-corrected chi connectivity index (χ2v) is 12.2. The standard InChI is InChI=1S/C29H29N9O2S/c1-18-14-21(37(17-18)29-32-13-12-25(30)36-29)9-11-24-26(41(2,39)40)27(31)38-28(35-24)22(16-34-38)20-8-10-23(33-15-20)19-6-4-3-5-7-19/h3-8,10,12-13,15-17,21H,9,11,14,31H2,1-2H3,(H2,30,32,36)/t21-/m0/s1. The van der Waals surface area contributed by atoms with E-state index in [2.05, 4.69) is 20.1 Å². The zero-order valence-electron chi connectivity index (χ0n) is 22.6. The molecule has 0 fully saturated rings. The number of pyridine rings is 1. The average molecular weight is 568 g/mol. The predicted octanol–water partition coefficient (Wildman–Crippen LogP) is 3.93. The van der Waals surface area contributed by atoms with Crippen molar-refractivity contribution in [1.82, 2.24) is 29.5 Å². The van der Waals surface area contributed by atoms with Gasteiger partial charge in [-0.2, -0.15) is 14.6 Å². The Morgan fingerprint density at radius 3 is 2.49 bits per heavy atom. The Morgan fingerprint density at radius 1 is 0.976 bits per heavy atom. The van der Waals surface area contributed by atoms with Crippen molar-refractivity contribution in [2.45, 2.75) is 37.1 Å². The van der Waals surface area contributed by atoms with E-state index < -0.39 is 9.84 Å². The molecule has 0 aliphatic carbocycles. The number of hydrogen-bond donors (Lipinski definition) is 2. The van der Waals surface area contributed by atoms with Crippen molar-refractivity contribution >= 4 is 33.1 Å².